The molecule has 1 saturated heterocycles. The van der Waals surface area contributed by atoms with E-state index in [2.05, 4.69) is 21.3 Å². The molecule has 128 valence electrons. The fourth-order valence-electron chi connectivity index (χ4n) is 2.91. The molecule has 2 atom stereocenters. The average Bonchev–Trinajstić information content (AvgIpc) is 3.02. The summed E-state index contributed by atoms with van der Waals surface area (Å²) in [4.78, 5) is 6.83. The second-order valence-corrected chi connectivity index (χ2v) is 6.00. The van der Waals surface area contributed by atoms with Crippen molar-refractivity contribution in [2.45, 2.75) is 19.4 Å². The number of aliphatic imine (C=N–C) groups is 1. The van der Waals surface area contributed by atoms with Gasteiger partial charge in [0.1, 0.15) is 5.75 Å². The first kappa shape index (κ1) is 17.4. The molecule has 0 spiro atoms. The number of methoxy groups -OCH3 is 2. The molecule has 6 heteroatoms. The Kier molecular flexibility index (Phi) is 6.52. The van der Waals surface area contributed by atoms with Gasteiger partial charge in [0.15, 0.2) is 5.96 Å². The van der Waals surface area contributed by atoms with Gasteiger partial charge in [0, 0.05) is 32.8 Å². The molecular weight excluding hydrogens is 292 g/mol. The molecule has 23 heavy (non-hydrogen) atoms. The smallest absolute Gasteiger partial charge is 0.188 e. The van der Waals surface area contributed by atoms with Crippen LogP contribution in [0, 0.1) is 5.92 Å². The highest BCUT2D eigenvalue weighted by molar-refractivity contribution is 5.78. The van der Waals surface area contributed by atoms with E-state index in [1.165, 1.54) is 0 Å². The number of anilines is 1. The van der Waals surface area contributed by atoms with Crippen molar-refractivity contribution in [2.24, 2.45) is 16.6 Å². The normalized spacial score (nSPS) is 19.7. The first-order chi connectivity index (χ1) is 11.1. The van der Waals surface area contributed by atoms with Crippen molar-refractivity contribution >= 4 is 11.6 Å². The third-order valence-corrected chi connectivity index (χ3v) is 4.04. The SMILES string of the molecule is COC[C@@H](C)NC(N)=NC[C@@H]1CCN(c2ccccc2OC)C1. The Bertz CT molecular complexity index is 521. The number of ether oxygens (including phenoxy) is 2. The monoisotopic (exact) mass is 320 g/mol. The minimum Gasteiger partial charge on any atom is -0.495 e. The van der Waals surface area contributed by atoms with Crippen LogP contribution >= 0.6 is 0 Å². The largest absolute Gasteiger partial charge is 0.495 e. The van der Waals surface area contributed by atoms with Crippen molar-refractivity contribution in [3.63, 3.8) is 0 Å². The lowest BCUT2D eigenvalue weighted by Gasteiger charge is -2.21. The van der Waals surface area contributed by atoms with Crippen molar-refractivity contribution in [3.8, 4) is 5.75 Å². The van der Waals surface area contributed by atoms with Crippen LogP contribution in [-0.2, 0) is 4.74 Å². The molecule has 0 amide bonds. The molecule has 1 aliphatic heterocycles. The van der Waals surface area contributed by atoms with Crippen LogP contribution in [0.15, 0.2) is 29.3 Å². The Morgan fingerprint density at radius 2 is 2.22 bits per heavy atom. The van der Waals surface area contributed by atoms with Gasteiger partial charge in [0.25, 0.3) is 0 Å². The Morgan fingerprint density at radius 1 is 1.43 bits per heavy atom. The molecule has 3 N–H and O–H groups in total. The van der Waals surface area contributed by atoms with Crippen LogP contribution in [0.1, 0.15) is 13.3 Å². The van der Waals surface area contributed by atoms with Gasteiger partial charge in [-0.05, 0) is 31.4 Å². The summed E-state index contributed by atoms with van der Waals surface area (Å²) in [6, 6.07) is 8.31. The maximum absolute atomic E-state index is 5.92. The molecule has 1 aromatic carbocycles. The van der Waals surface area contributed by atoms with Crippen LogP contribution in [0.3, 0.4) is 0 Å². The molecule has 1 heterocycles. The Labute approximate surface area is 138 Å². The number of benzene rings is 1. The molecular formula is C17H28N4O2. The standard InChI is InChI=1S/C17H28N4O2/c1-13(12-22-2)20-17(18)19-10-14-8-9-21(11-14)15-6-4-5-7-16(15)23-3/h4-7,13-14H,8-12H2,1-3H3,(H3,18,19,20)/t13-,14+/m1/s1. The van der Waals surface area contributed by atoms with E-state index in [9.17, 15) is 0 Å². The van der Waals surface area contributed by atoms with E-state index in [1.54, 1.807) is 14.2 Å². The number of para-hydroxylation sites is 2. The number of nitrogens with zero attached hydrogens (tertiary/aromatic N) is 2. The lowest BCUT2D eigenvalue weighted by atomic mass is 10.1. The number of nitrogens with one attached hydrogen (secondary N) is 1. The van der Waals surface area contributed by atoms with E-state index in [-0.39, 0.29) is 6.04 Å². The molecule has 1 aromatic rings. The van der Waals surface area contributed by atoms with Crippen LogP contribution in [0.5, 0.6) is 5.75 Å². The highest BCUT2D eigenvalue weighted by atomic mass is 16.5. The van der Waals surface area contributed by atoms with Gasteiger partial charge in [-0.25, -0.2) is 0 Å². The zero-order valence-corrected chi connectivity index (χ0v) is 14.3. The minimum absolute atomic E-state index is 0.164. The summed E-state index contributed by atoms with van der Waals surface area (Å²) in [6.07, 6.45) is 1.11. The quantitative estimate of drug-likeness (QED) is 0.588. The van der Waals surface area contributed by atoms with Gasteiger partial charge >= 0.3 is 0 Å². The van der Waals surface area contributed by atoms with Gasteiger partial charge in [-0.15, -0.1) is 0 Å². The highest BCUT2D eigenvalue weighted by Gasteiger charge is 2.24. The second kappa shape index (κ2) is 8.62. The van der Waals surface area contributed by atoms with Crippen LogP contribution in [-0.4, -0.2) is 52.5 Å². The molecule has 0 bridgehead atoms. The van der Waals surface area contributed by atoms with Crippen molar-refractivity contribution in [1.29, 1.82) is 0 Å². The van der Waals surface area contributed by atoms with E-state index < -0.39 is 0 Å². The molecule has 0 aliphatic carbocycles. The van der Waals surface area contributed by atoms with Crippen LogP contribution < -0.4 is 20.7 Å². The summed E-state index contributed by atoms with van der Waals surface area (Å²) in [5, 5.41) is 3.14. The predicted molar refractivity (Wildman–Crippen MR) is 94.3 cm³/mol. The van der Waals surface area contributed by atoms with Crippen molar-refractivity contribution in [2.75, 3.05) is 45.4 Å². The molecule has 6 nitrogen and oxygen atoms in total. The predicted octanol–water partition coefficient (Wildman–Crippen LogP) is 1.46. The third-order valence-electron chi connectivity index (χ3n) is 4.04. The summed E-state index contributed by atoms with van der Waals surface area (Å²) < 4.78 is 10.5. The molecule has 0 aromatic heterocycles. The van der Waals surface area contributed by atoms with Crippen molar-refractivity contribution < 1.29 is 9.47 Å². The molecule has 0 radical (unpaired) electrons. The first-order valence-corrected chi connectivity index (χ1v) is 8.07. The molecule has 1 fully saturated rings. The van der Waals surface area contributed by atoms with Crippen molar-refractivity contribution in [3.05, 3.63) is 24.3 Å². The van der Waals surface area contributed by atoms with E-state index >= 15 is 0 Å². The Balaban J connectivity index is 1.86. The summed E-state index contributed by atoms with van der Waals surface area (Å²) in [5.74, 6) is 1.93. The van der Waals surface area contributed by atoms with E-state index in [1.807, 2.05) is 25.1 Å². The van der Waals surface area contributed by atoms with Crippen molar-refractivity contribution in [1.82, 2.24) is 5.32 Å². The second-order valence-electron chi connectivity index (χ2n) is 6.00. The van der Waals surface area contributed by atoms with Gasteiger partial charge in [0.2, 0.25) is 0 Å². The summed E-state index contributed by atoms with van der Waals surface area (Å²) in [7, 11) is 3.39. The number of nitrogens with two attached hydrogens (primary N) is 1. The highest BCUT2D eigenvalue weighted by Crippen LogP contribution is 2.31. The molecule has 0 saturated carbocycles. The Hall–Kier alpha value is -1.95. The third kappa shape index (κ3) is 5.03. The lowest BCUT2D eigenvalue weighted by Crippen LogP contribution is -2.41. The van der Waals surface area contributed by atoms with E-state index in [0.717, 1.165) is 37.5 Å². The maximum atomic E-state index is 5.92. The number of hydrogen-bond acceptors (Lipinski definition) is 4. The maximum Gasteiger partial charge on any atom is 0.188 e. The van der Waals surface area contributed by atoms with Crippen LogP contribution in [0.25, 0.3) is 0 Å². The van der Waals surface area contributed by atoms with Crippen LogP contribution in [0.4, 0.5) is 5.69 Å². The van der Waals surface area contributed by atoms with Gasteiger partial charge < -0.3 is 25.4 Å². The van der Waals surface area contributed by atoms with Gasteiger partial charge in [0.05, 0.1) is 19.4 Å². The van der Waals surface area contributed by atoms with Gasteiger partial charge in [-0.1, -0.05) is 12.1 Å². The molecule has 1 aliphatic rings. The number of rotatable bonds is 7. The lowest BCUT2D eigenvalue weighted by molar-refractivity contribution is 0.179. The zero-order valence-electron chi connectivity index (χ0n) is 14.3. The summed E-state index contributed by atoms with van der Waals surface area (Å²) >= 11 is 0. The van der Waals surface area contributed by atoms with Gasteiger partial charge in [-0.2, -0.15) is 0 Å². The number of hydrogen-bond donors (Lipinski definition) is 2. The Morgan fingerprint density at radius 3 is 2.96 bits per heavy atom. The number of guanidine groups is 1. The minimum atomic E-state index is 0.164. The van der Waals surface area contributed by atoms with Crippen LogP contribution in [0.2, 0.25) is 0 Å². The fraction of sp³-hybridized carbons (Fsp3) is 0.588. The average molecular weight is 320 g/mol. The fourth-order valence-corrected chi connectivity index (χ4v) is 2.91. The molecule has 0 unspecified atom stereocenters. The van der Waals surface area contributed by atoms with E-state index in [0.29, 0.717) is 18.5 Å². The zero-order chi connectivity index (χ0) is 16.7. The summed E-state index contributed by atoms with van der Waals surface area (Å²) in [5.41, 5.74) is 7.08. The topological polar surface area (TPSA) is 72.1 Å². The summed E-state index contributed by atoms with van der Waals surface area (Å²) in [6.45, 7) is 5.37. The van der Waals surface area contributed by atoms with Gasteiger partial charge in [-0.3, -0.25) is 4.99 Å². The first-order valence-electron chi connectivity index (χ1n) is 8.07. The molecule has 2 rings (SSSR count). The van der Waals surface area contributed by atoms with E-state index in [4.69, 9.17) is 15.2 Å².